The predicted octanol–water partition coefficient (Wildman–Crippen LogP) is 3.53. The van der Waals surface area contributed by atoms with Gasteiger partial charge in [0.1, 0.15) is 0 Å². The van der Waals surface area contributed by atoms with Gasteiger partial charge in [-0.1, -0.05) is 25.5 Å². The molecule has 0 aromatic heterocycles. The molecular formula is C17H26N2O2S. The first-order chi connectivity index (χ1) is 10.4. The maximum Gasteiger partial charge on any atom is 0.237 e. The van der Waals surface area contributed by atoms with E-state index in [4.69, 9.17) is 0 Å². The summed E-state index contributed by atoms with van der Waals surface area (Å²) in [6.45, 7) is 6.17. The number of carbonyl (C=O) groups excluding carboxylic acids is 2. The number of benzene rings is 1. The Hall–Kier alpha value is -1.49. The van der Waals surface area contributed by atoms with Crippen molar-refractivity contribution in [2.75, 3.05) is 18.1 Å². The Labute approximate surface area is 137 Å². The summed E-state index contributed by atoms with van der Waals surface area (Å²) >= 11 is 1.68. The summed E-state index contributed by atoms with van der Waals surface area (Å²) in [5.74, 6) is 1.06. The van der Waals surface area contributed by atoms with Crippen LogP contribution in [0, 0.1) is 0 Å². The highest BCUT2D eigenvalue weighted by atomic mass is 32.2. The van der Waals surface area contributed by atoms with E-state index < -0.39 is 0 Å². The first kappa shape index (κ1) is 18.6. The van der Waals surface area contributed by atoms with Crippen molar-refractivity contribution >= 4 is 29.3 Å². The van der Waals surface area contributed by atoms with Crippen molar-refractivity contribution in [3.63, 3.8) is 0 Å². The van der Waals surface area contributed by atoms with Gasteiger partial charge in [-0.15, -0.1) is 11.8 Å². The first-order valence-corrected chi connectivity index (χ1v) is 8.72. The Bertz CT molecular complexity index is 505. The van der Waals surface area contributed by atoms with E-state index in [0.717, 1.165) is 29.8 Å². The molecular weight excluding hydrogens is 296 g/mol. The SMILES string of the molecule is CCCCS[C@H](C)C(=O)Nc1cccc(CN(C)C(C)=O)c1. The number of nitrogens with one attached hydrogen (secondary N) is 1. The lowest BCUT2D eigenvalue weighted by Crippen LogP contribution is -2.24. The largest absolute Gasteiger partial charge is 0.342 e. The van der Waals surface area contributed by atoms with Crippen LogP contribution in [0.5, 0.6) is 0 Å². The van der Waals surface area contributed by atoms with E-state index in [1.54, 1.807) is 30.6 Å². The van der Waals surface area contributed by atoms with Crippen LogP contribution >= 0.6 is 11.8 Å². The molecule has 0 unspecified atom stereocenters. The highest BCUT2D eigenvalue weighted by Crippen LogP contribution is 2.17. The third-order valence-electron chi connectivity index (χ3n) is 3.39. The zero-order valence-corrected chi connectivity index (χ0v) is 14.7. The molecule has 0 aliphatic heterocycles. The summed E-state index contributed by atoms with van der Waals surface area (Å²) < 4.78 is 0. The van der Waals surface area contributed by atoms with Crippen molar-refractivity contribution in [3.05, 3.63) is 29.8 Å². The molecule has 4 nitrogen and oxygen atoms in total. The van der Waals surface area contributed by atoms with Crippen molar-refractivity contribution in [3.8, 4) is 0 Å². The molecule has 122 valence electrons. The van der Waals surface area contributed by atoms with Crippen molar-refractivity contribution in [2.45, 2.75) is 45.4 Å². The van der Waals surface area contributed by atoms with E-state index in [9.17, 15) is 9.59 Å². The van der Waals surface area contributed by atoms with Crippen molar-refractivity contribution in [1.29, 1.82) is 0 Å². The van der Waals surface area contributed by atoms with Crippen LogP contribution in [0.2, 0.25) is 0 Å². The van der Waals surface area contributed by atoms with Gasteiger partial charge in [0, 0.05) is 26.2 Å². The second kappa shape index (κ2) is 9.51. The first-order valence-electron chi connectivity index (χ1n) is 7.67. The zero-order valence-electron chi connectivity index (χ0n) is 13.9. The monoisotopic (exact) mass is 322 g/mol. The molecule has 1 aromatic carbocycles. The summed E-state index contributed by atoms with van der Waals surface area (Å²) in [5, 5.41) is 2.89. The molecule has 0 spiro atoms. The second-order valence-electron chi connectivity index (χ2n) is 5.43. The summed E-state index contributed by atoms with van der Waals surface area (Å²) in [6, 6.07) is 7.64. The predicted molar refractivity (Wildman–Crippen MR) is 94.0 cm³/mol. The maximum absolute atomic E-state index is 12.2. The van der Waals surface area contributed by atoms with E-state index in [1.807, 2.05) is 31.2 Å². The lowest BCUT2D eigenvalue weighted by molar-refractivity contribution is -0.128. The van der Waals surface area contributed by atoms with Crippen molar-refractivity contribution in [1.82, 2.24) is 4.90 Å². The van der Waals surface area contributed by atoms with E-state index in [1.165, 1.54) is 0 Å². The molecule has 0 radical (unpaired) electrons. The molecule has 2 amide bonds. The Morgan fingerprint density at radius 3 is 2.73 bits per heavy atom. The fraction of sp³-hybridized carbons (Fsp3) is 0.529. The zero-order chi connectivity index (χ0) is 16.5. The maximum atomic E-state index is 12.2. The summed E-state index contributed by atoms with van der Waals surface area (Å²) in [6.07, 6.45) is 2.28. The van der Waals surface area contributed by atoms with E-state index in [-0.39, 0.29) is 17.1 Å². The molecule has 0 fully saturated rings. The fourth-order valence-corrected chi connectivity index (χ4v) is 2.88. The van der Waals surface area contributed by atoms with Gasteiger partial charge in [0.15, 0.2) is 0 Å². The highest BCUT2D eigenvalue weighted by molar-refractivity contribution is 8.00. The number of amides is 2. The average molecular weight is 322 g/mol. The van der Waals surface area contributed by atoms with Crippen molar-refractivity contribution in [2.24, 2.45) is 0 Å². The number of anilines is 1. The Kier molecular flexibility index (Phi) is 8.02. The van der Waals surface area contributed by atoms with Gasteiger partial charge in [-0.2, -0.15) is 0 Å². The molecule has 1 aromatic rings. The number of hydrogen-bond donors (Lipinski definition) is 1. The molecule has 1 N–H and O–H groups in total. The second-order valence-corrected chi connectivity index (χ2v) is 6.88. The molecule has 0 aliphatic carbocycles. The lowest BCUT2D eigenvalue weighted by atomic mass is 10.2. The van der Waals surface area contributed by atoms with Gasteiger partial charge in [0.2, 0.25) is 11.8 Å². The quantitative estimate of drug-likeness (QED) is 0.745. The minimum Gasteiger partial charge on any atom is -0.342 e. The number of rotatable bonds is 8. The summed E-state index contributed by atoms with van der Waals surface area (Å²) in [4.78, 5) is 25.1. The standard InChI is InChI=1S/C17H26N2O2S/c1-5-6-10-22-13(2)17(21)18-16-9-7-8-15(11-16)12-19(4)14(3)20/h7-9,11,13H,5-6,10,12H2,1-4H3,(H,18,21)/t13-/m1/s1. The van der Waals surface area contributed by atoms with Gasteiger partial charge >= 0.3 is 0 Å². The van der Waals surface area contributed by atoms with Crippen LogP contribution in [0.25, 0.3) is 0 Å². The molecule has 1 atom stereocenters. The smallest absolute Gasteiger partial charge is 0.237 e. The summed E-state index contributed by atoms with van der Waals surface area (Å²) in [7, 11) is 1.76. The molecule has 0 saturated heterocycles. The topological polar surface area (TPSA) is 49.4 Å². The van der Waals surface area contributed by atoms with Gasteiger partial charge in [-0.05, 0) is 36.8 Å². The van der Waals surface area contributed by atoms with Crippen LogP contribution in [0.1, 0.15) is 39.2 Å². The van der Waals surface area contributed by atoms with Crippen LogP contribution < -0.4 is 5.32 Å². The average Bonchev–Trinajstić information content (AvgIpc) is 2.47. The third kappa shape index (κ3) is 6.52. The minimum absolute atomic E-state index is 0.0235. The molecule has 5 heteroatoms. The molecule has 0 saturated carbocycles. The van der Waals surface area contributed by atoms with Crippen LogP contribution in [0.4, 0.5) is 5.69 Å². The van der Waals surface area contributed by atoms with E-state index in [0.29, 0.717) is 6.54 Å². The van der Waals surface area contributed by atoms with Gasteiger partial charge in [-0.25, -0.2) is 0 Å². The number of hydrogen-bond acceptors (Lipinski definition) is 3. The summed E-state index contributed by atoms with van der Waals surface area (Å²) in [5.41, 5.74) is 1.78. The number of thioether (sulfide) groups is 1. The normalized spacial score (nSPS) is 11.8. The highest BCUT2D eigenvalue weighted by Gasteiger charge is 2.13. The van der Waals surface area contributed by atoms with Crippen LogP contribution in [-0.4, -0.2) is 34.8 Å². The van der Waals surface area contributed by atoms with E-state index in [2.05, 4.69) is 12.2 Å². The van der Waals surface area contributed by atoms with E-state index >= 15 is 0 Å². The fourth-order valence-electron chi connectivity index (χ4n) is 1.86. The van der Waals surface area contributed by atoms with Gasteiger partial charge < -0.3 is 10.2 Å². The van der Waals surface area contributed by atoms with Crippen LogP contribution in [-0.2, 0) is 16.1 Å². The number of carbonyl (C=O) groups is 2. The van der Waals surface area contributed by atoms with Gasteiger partial charge in [0.25, 0.3) is 0 Å². The Morgan fingerprint density at radius 1 is 1.36 bits per heavy atom. The number of unbranched alkanes of at least 4 members (excludes halogenated alkanes) is 1. The lowest BCUT2D eigenvalue weighted by Gasteiger charge is -2.16. The molecule has 0 heterocycles. The van der Waals surface area contributed by atoms with Crippen molar-refractivity contribution < 1.29 is 9.59 Å². The Morgan fingerprint density at radius 2 is 2.09 bits per heavy atom. The minimum atomic E-state index is -0.0601. The molecule has 1 rings (SSSR count). The molecule has 0 bridgehead atoms. The van der Waals surface area contributed by atoms with Gasteiger partial charge in [0.05, 0.1) is 5.25 Å². The van der Waals surface area contributed by atoms with Crippen LogP contribution in [0.3, 0.4) is 0 Å². The van der Waals surface area contributed by atoms with Gasteiger partial charge in [-0.3, -0.25) is 9.59 Å². The molecule has 0 aliphatic rings. The number of nitrogens with zero attached hydrogens (tertiary/aromatic N) is 1. The molecule has 22 heavy (non-hydrogen) atoms. The van der Waals surface area contributed by atoms with Crippen LogP contribution in [0.15, 0.2) is 24.3 Å². The Balaban J connectivity index is 2.58. The third-order valence-corrected chi connectivity index (χ3v) is 4.63.